The molecule has 3 atom stereocenters. The van der Waals surface area contributed by atoms with E-state index >= 15 is 0 Å². The van der Waals surface area contributed by atoms with Gasteiger partial charge in [0.2, 0.25) is 11.8 Å². The third kappa shape index (κ3) is 3.05. The maximum Gasteiger partial charge on any atom is 0.248 e. The summed E-state index contributed by atoms with van der Waals surface area (Å²) in [7, 11) is 0. The van der Waals surface area contributed by atoms with E-state index in [9.17, 15) is 14.7 Å². The van der Waals surface area contributed by atoms with Gasteiger partial charge < -0.3 is 15.7 Å². The van der Waals surface area contributed by atoms with Crippen LogP contribution in [0.15, 0.2) is 12.4 Å². The van der Waals surface area contributed by atoms with Crippen LogP contribution in [0.4, 0.5) is 0 Å². The van der Waals surface area contributed by atoms with Crippen molar-refractivity contribution in [2.75, 3.05) is 6.54 Å². The minimum atomic E-state index is -0.777. The summed E-state index contributed by atoms with van der Waals surface area (Å²) in [5.74, 6) is -0.889. The van der Waals surface area contributed by atoms with Crippen LogP contribution in [0.1, 0.15) is 33.2 Å². The molecule has 1 saturated heterocycles. The molecule has 2 amide bonds. The number of hydrogen-bond acceptors (Lipinski definition) is 5. The normalized spacial score (nSPS) is 24.1. The molecule has 1 aliphatic rings. The van der Waals surface area contributed by atoms with Crippen molar-refractivity contribution in [1.29, 1.82) is 0 Å². The topological polar surface area (TPSA) is 114 Å². The van der Waals surface area contributed by atoms with Crippen LogP contribution in [0.25, 0.3) is 0 Å². The third-order valence-electron chi connectivity index (χ3n) is 3.65. The second kappa shape index (κ2) is 5.44. The summed E-state index contributed by atoms with van der Waals surface area (Å²) in [6.45, 7) is 5.82. The number of primary amides is 1. The van der Waals surface area contributed by atoms with Crippen LogP contribution in [0.3, 0.4) is 0 Å². The number of β-amino-alcohol motifs (C(OH)–C–C–N with tert-alkyl or cyclic N) is 1. The Morgan fingerprint density at radius 3 is 2.57 bits per heavy atom. The molecule has 21 heavy (non-hydrogen) atoms. The van der Waals surface area contributed by atoms with Gasteiger partial charge >= 0.3 is 0 Å². The van der Waals surface area contributed by atoms with E-state index in [1.54, 1.807) is 6.20 Å². The average molecular weight is 295 g/mol. The summed E-state index contributed by atoms with van der Waals surface area (Å²) in [5.41, 5.74) is 4.91. The Morgan fingerprint density at radius 1 is 1.43 bits per heavy atom. The Bertz CT molecular complexity index is 522. The second-order valence-corrected chi connectivity index (χ2v) is 6.45. The number of hydrogen-bond donors (Lipinski definition) is 2. The van der Waals surface area contributed by atoms with Gasteiger partial charge in [0.15, 0.2) is 0 Å². The third-order valence-corrected chi connectivity index (χ3v) is 3.65. The predicted octanol–water partition coefficient (Wildman–Crippen LogP) is -0.688. The van der Waals surface area contributed by atoms with Gasteiger partial charge in [-0.1, -0.05) is 26.0 Å². The lowest BCUT2D eigenvalue weighted by Crippen LogP contribution is -2.49. The zero-order chi connectivity index (χ0) is 15.8. The zero-order valence-corrected chi connectivity index (χ0v) is 12.4. The molecule has 0 spiro atoms. The minimum absolute atomic E-state index is 0.105. The maximum absolute atomic E-state index is 12.9. The van der Waals surface area contributed by atoms with Crippen molar-refractivity contribution < 1.29 is 14.7 Å². The fourth-order valence-electron chi connectivity index (χ4n) is 2.72. The fourth-order valence-corrected chi connectivity index (χ4v) is 2.72. The van der Waals surface area contributed by atoms with Gasteiger partial charge in [-0.25, -0.2) is 4.68 Å². The molecule has 1 aromatic rings. The minimum Gasteiger partial charge on any atom is -0.391 e. The van der Waals surface area contributed by atoms with Crippen molar-refractivity contribution in [2.24, 2.45) is 11.1 Å². The molecule has 1 fully saturated rings. The van der Waals surface area contributed by atoms with E-state index in [-0.39, 0.29) is 18.9 Å². The van der Waals surface area contributed by atoms with E-state index in [1.165, 1.54) is 15.8 Å². The predicted molar refractivity (Wildman–Crippen MR) is 73.8 cm³/mol. The van der Waals surface area contributed by atoms with E-state index in [4.69, 9.17) is 5.73 Å². The van der Waals surface area contributed by atoms with Gasteiger partial charge in [-0.05, 0) is 5.41 Å². The average Bonchev–Trinajstić information content (AvgIpc) is 2.96. The van der Waals surface area contributed by atoms with Gasteiger partial charge in [0, 0.05) is 19.2 Å². The van der Waals surface area contributed by atoms with Crippen molar-refractivity contribution in [3.63, 3.8) is 0 Å². The molecule has 2 rings (SSSR count). The number of rotatable bonds is 3. The molecule has 116 valence electrons. The summed E-state index contributed by atoms with van der Waals surface area (Å²) < 4.78 is 1.48. The summed E-state index contributed by atoms with van der Waals surface area (Å²) >= 11 is 0. The molecule has 0 bridgehead atoms. The first-order valence-electron chi connectivity index (χ1n) is 6.85. The van der Waals surface area contributed by atoms with Crippen LogP contribution in [-0.4, -0.2) is 55.5 Å². The number of aliphatic hydroxyl groups is 1. The lowest BCUT2D eigenvalue weighted by molar-refractivity contribution is -0.143. The lowest BCUT2D eigenvalue weighted by Gasteiger charge is -2.34. The molecule has 1 aromatic heterocycles. The van der Waals surface area contributed by atoms with E-state index < -0.39 is 29.5 Å². The highest BCUT2D eigenvalue weighted by Crippen LogP contribution is 2.33. The summed E-state index contributed by atoms with van der Waals surface area (Å²) in [6, 6.07) is -1.40. The Hall–Kier alpha value is -1.96. The number of aromatic nitrogens is 3. The largest absolute Gasteiger partial charge is 0.391 e. The number of nitrogens with zero attached hydrogens (tertiary/aromatic N) is 4. The highest BCUT2D eigenvalue weighted by atomic mass is 16.3. The van der Waals surface area contributed by atoms with Crippen LogP contribution in [0, 0.1) is 5.41 Å². The van der Waals surface area contributed by atoms with Crippen LogP contribution in [-0.2, 0) is 9.59 Å². The molecule has 1 aliphatic heterocycles. The number of aliphatic hydroxyl groups excluding tert-OH is 1. The van der Waals surface area contributed by atoms with Crippen LogP contribution in [0.2, 0.25) is 0 Å². The Balaban J connectivity index is 2.33. The highest BCUT2D eigenvalue weighted by molar-refractivity contribution is 5.89. The van der Waals surface area contributed by atoms with Gasteiger partial charge in [-0.2, -0.15) is 0 Å². The Kier molecular flexibility index (Phi) is 3.99. The first-order chi connectivity index (χ1) is 9.71. The van der Waals surface area contributed by atoms with E-state index in [0.29, 0.717) is 0 Å². The number of carbonyl (C=O) groups is 2. The monoisotopic (exact) mass is 295 g/mol. The highest BCUT2D eigenvalue weighted by Gasteiger charge is 2.44. The molecule has 0 unspecified atom stereocenters. The first-order valence-corrected chi connectivity index (χ1v) is 6.85. The van der Waals surface area contributed by atoms with E-state index in [1.807, 2.05) is 20.8 Å². The molecule has 8 nitrogen and oxygen atoms in total. The van der Waals surface area contributed by atoms with Crippen LogP contribution < -0.4 is 5.73 Å². The smallest absolute Gasteiger partial charge is 0.248 e. The molecule has 2 heterocycles. The first kappa shape index (κ1) is 15.4. The zero-order valence-electron chi connectivity index (χ0n) is 12.4. The standard InChI is InChI=1S/C13H21N5O3/c1-13(2,3)10(18-5-4-15-16-18)12(21)17-7-8(19)6-9(17)11(14)20/h4-5,8-10,19H,6-7H2,1-3H3,(H2,14,20)/t8-,9+,10-/m1/s1. The van der Waals surface area contributed by atoms with Crippen molar-refractivity contribution in [1.82, 2.24) is 19.9 Å². The Morgan fingerprint density at radius 2 is 2.10 bits per heavy atom. The van der Waals surface area contributed by atoms with Gasteiger partial charge in [0.1, 0.15) is 12.1 Å². The van der Waals surface area contributed by atoms with Crippen molar-refractivity contribution in [2.45, 2.75) is 45.4 Å². The number of carbonyl (C=O) groups excluding carboxylic acids is 2. The summed E-state index contributed by atoms with van der Waals surface area (Å²) in [5, 5.41) is 17.4. The SMILES string of the molecule is CC(C)(C)[C@@H](C(=O)N1C[C@H](O)C[C@H]1C(N)=O)n1ccnn1. The van der Waals surface area contributed by atoms with Gasteiger partial charge in [-0.15, -0.1) is 5.10 Å². The van der Waals surface area contributed by atoms with E-state index in [2.05, 4.69) is 10.3 Å². The second-order valence-electron chi connectivity index (χ2n) is 6.45. The molecular formula is C13H21N5O3. The number of amides is 2. The summed E-state index contributed by atoms with van der Waals surface area (Å²) in [4.78, 5) is 25.7. The van der Waals surface area contributed by atoms with Gasteiger partial charge in [0.25, 0.3) is 0 Å². The number of likely N-dealkylation sites (tertiary alicyclic amines) is 1. The quantitative estimate of drug-likeness (QED) is 0.766. The Labute approximate surface area is 122 Å². The molecule has 0 aliphatic carbocycles. The van der Waals surface area contributed by atoms with E-state index in [0.717, 1.165) is 0 Å². The molecule has 0 saturated carbocycles. The lowest BCUT2D eigenvalue weighted by atomic mass is 9.85. The number of nitrogens with two attached hydrogens (primary N) is 1. The van der Waals surface area contributed by atoms with Gasteiger partial charge in [0.05, 0.1) is 12.3 Å². The molecule has 0 radical (unpaired) electrons. The van der Waals surface area contributed by atoms with Crippen molar-refractivity contribution in [3.05, 3.63) is 12.4 Å². The van der Waals surface area contributed by atoms with Crippen molar-refractivity contribution >= 4 is 11.8 Å². The summed E-state index contributed by atoms with van der Waals surface area (Å²) in [6.07, 6.45) is 2.55. The van der Waals surface area contributed by atoms with Crippen LogP contribution >= 0.6 is 0 Å². The maximum atomic E-state index is 12.9. The fraction of sp³-hybridized carbons (Fsp3) is 0.692. The van der Waals surface area contributed by atoms with Crippen molar-refractivity contribution in [3.8, 4) is 0 Å². The van der Waals surface area contributed by atoms with Gasteiger partial charge in [-0.3, -0.25) is 9.59 Å². The molecule has 3 N–H and O–H groups in total. The molecule has 8 heteroatoms. The molecule has 0 aromatic carbocycles. The van der Waals surface area contributed by atoms with Crippen LogP contribution in [0.5, 0.6) is 0 Å². The molecular weight excluding hydrogens is 274 g/mol.